The van der Waals surface area contributed by atoms with Crippen LogP contribution in [0.1, 0.15) is 5.69 Å². The topological polar surface area (TPSA) is 36.4 Å². The molecule has 0 atom stereocenters. The van der Waals surface area contributed by atoms with Gasteiger partial charge in [-0.25, -0.2) is 4.98 Å². The number of aliphatic hydroxyl groups is 1. The van der Waals surface area contributed by atoms with Crippen molar-refractivity contribution in [3.05, 3.63) is 54.1 Å². The quantitative estimate of drug-likeness (QED) is 0.789. The largest absolute Gasteiger partial charge is 0.395 e. The molecule has 3 nitrogen and oxygen atoms in total. The Kier molecular flexibility index (Phi) is 5.27. The van der Waals surface area contributed by atoms with Gasteiger partial charge in [0.2, 0.25) is 0 Å². The van der Waals surface area contributed by atoms with Crippen molar-refractivity contribution in [3.63, 3.8) is 0 Å². The molecule has 1 heterocycles. The summed E-state index contributed by atoms with van der Waals surface area (Å²) in [4.78, 5) is 6.77. The van der Waals surface area contributed by atoms with Crippen molar-refractivity contribution in [2.24, 2.45) is 0 Å². The summed E-state index contributed by atoms with van der Waals surface area (Å²) in [6.45, 7) is 6.04. The van der Waals surface area contributed by atoms with Gasteiger partial charge < -0.3 is 5.11 Å². The Morgan fingerprint density at radius 2 is 2.11 bits per heavy atom. The number of benzene rings is 1. The Hall–Kier alpha value is -1.49. The molecule has 0 saturated carbocycles. The van der Waals surface area contributed by atoms with E-state index in [0.717, 1.165) is 29.4 Å². The second kappa shape index (κ2) is 7.19. The third kappa shape index (κ3) is 3.99. The van der Waals surface area contributed by atoms with E-state index in [1.165, 1.54) is 0 Å². The van der Waals surface area contributed by atoms with Gasteiger partial charge in [-0.15, -0.1) is 17.9 Å². The van der Waals surface area contributed by atoms with Crippen LogP contribution in [0.15, 0.2) is 48.4 Å². The van der Waals surface area contributed by atoms with E-state index in [1.807, 2.05) is 24.3 Å². The highest BCUT2D eigenvalue weighted by molar-refractivity contribution is 7.13. The summed E-state index contributed by atoms with van der Waals surface area (Å²) >= 11 is 1.65. The van der Waals surface area contributed by atoms with E-state index < -0.39 is 0 Å². The maximum absolute atomic E-state index is 9.03. The number of thiazole rings is 1. The highest BCUT2D eigenvalue weighted by Gasteiger charge is 2.08. The van der Waals surface area contributed by atoms with Gasteiger partial charge in [0.15, 0.2) is 0 Å². The van der Waals surface area contributed by atoms with E-state index in [4.69, 9.17) is 5.11 Å². The minimum Gasteiger partial charge on any atom is -0.395 e. The van der Waals surface area contributed by atoms with Crippen molar-refractivity contribution in [1.82, 2.24) is 9.88 Å². The van der Waals surface area contributed by atoms with Crippen molar-refractivity contribution >= 4 is 11.3 Å². The number of rotatable bonds is 7. The van der Waals surface area contributed by atoms with E-state index in [0.29, 0.717) is 6.54 Å². The smallest absolute Gasteiger partial charge is 0.123 e. The van der Waals surface area contributed by atoms with Crippen LogP contribution in [-0.4, -0.2) is 34.7 Å². The zero-order valence-corrected chi connectivity index (χ0v) is 11.6. The maximum Gasteiger partial charge on any atom is 0.123 e. The second-order valence-electron chi connectivity index (χ2n) is 4.26. The van der Waals surface area contributed by atoms with Gasteiger partial charge in [0.25, 0.3) is 0 Å². The molecule has 1 aromatic carbocycles. The van der Waals surface area contributed by atoms with Crippen molar-refractivity contribution < 1.29 is 5.11 Å². The molecular weight excluding hydrogens is 256 g/mol. The summed E-state index contributed by atoms with van der Waals surface area (Å²) in [6.07, 6.45) is 1.85. The van der Waals surface area contributed by atoms with Crippen LogP contribution >= 0.6 is 11.3 Å². The van der Waals surface area contributed by atoms with Gasteiger partial charge in [-0.3, -0.25) is 4.90 Å². The molecule has 1 aromatic heterocycles. The highest BCUT2D eigenvalue weighted by Crippen LogP contribution is 2.23. The predicted molar refractivity (Wildman–Crippen MR) is 80.1 cm³/mol. The first kappa shape index (κ1) is 13.9. The number of aliphatic hydroxyl groups excluding tert-OH is 1. The minimum absolute atomic E-state index is 0.156. The molecular formula is C15H18N2OS. The van der Waals surface area contributed by atoms with Crippen LogP contribution in [0.4, 0.5) is 0 Å². The van der Waals surface area contributed by atoms with Gasteiger partial charge in [0, 0.05) is 30.6 Å². The van der Waals surface area contributed by atoms with Gasteiger partial charge in [0.1, 0.15) is 5.01 Å². The lowest BCUT2D eigenvalue weighted by atomic mass is 10.2. The summed E-state index contributed by atoms with van der Waals surface area (Å²) in [5.41, 5.74) is 2.19. The lowest BCUT2D eigenvalue weighted by Crippen LogP contribution is -2.26. The second-order valence-corrected chi connectivity index (χ2v) is 5.12. The van der Waals surface area contributed by atoms with Crippen LogP contribution < -0.4 is 0 Å². The summed E-state index contributed by atoms with van der Waals surface area (Å²) in [6, 6.07) is 10.2. The van der Waals surface area contributed by atoms with Gasteiger partial charge >= 0.3 is 0 Å². The Labute approximate surface area is 117 Å². The Morgan fingerprint density at radius 3 is 2.79 bits per heavy atom. The van der Waals surface area contributed by atoms with Crippen molar-refractivity contribution in [2.45, 2.75) is 6.54 Å². The molecule has 1 N–H and O–H groups in total. The summed E-state index contributed by atoms with van der Waals surface area (Å²) in [7, 11) is 0. The van der Waals surface area contributed by atoms with Crippen LogP contribution in [0.5, 0.6) is 0 Å². The van der Waals surface area contributed by atoms with Crippen LogP contribution in [0.25, 0.3) is 10.6 Å². The molecule has 19 heavy (non-hydrogen) atoms. The highest BCUT2D eigenvalue weighted by atomic mass is 32.1. The Bertz CT molecular complexity index is 510. The molecule has 0 aliphatic rings. The lowest BCUT2D eigenvalue weighted by Gasteiger charge is -2.17. The molecule has 0 saturated heterocycles. The first-order valence-electron chi connectivity index (χ1n) is 6.27. The molecule has 0 fully saturated rings. The number of hydrogen-bond donors (Lipinski definition) is 1. The summed E-state index contributed by atoms with van der Waals surface area (Å²) in [5.74, 6) is 0. The van der Waals surface area contributed by atoms with Gasteiger partial charge in [-0.2, -0.15) is 0 Å². The van der Waals surface area contributed by atoms with Gasteiger partial charge in [-0.05, 0) is 0 Å². The maximum atomic E-state index is 9.03. The van der Waals surface area contributed by atoms with Crippen molar-refractivity contribution in [1.29, 1.82) is 0 Å². The van der Waals surface area contributed by atoms with Crippen LogP contribution in [0, 0.1) is 0 Å². The Balaban J connectivity index is 2.06. The van der Waals surface area contributed by atoms with E-state index in [9.17, 15) is 0 Å². The van der Waals surface area contributed by atoms with Crippen LogP contribution in [0.3, 0.4) is 0 Å². The monoisotopic (exact) mass is 274 g/mol. The zero-order chi connectivity index (χ0) is 13.5. The first-order chi connectivity index (χ1) is 9.33. The van der Waals surface area contributed by atoms with E-state index in [-0.39, 0.29) is 6.61 Å². The fourth-order valence-corrected chi connectivity index (χ4v) is 2.70. The summed E-state index contributed by atoms with van der Waals surface area (Å²) < 4.78 is 0. The molecule has 0 aliphatic heterocycles. The van der Waals surface area contributed by atoms with Crippen molar-refractivity contribution in [3.8, 4) is 10.6 Å². The fraction of sp³-hybridized carbons (Fsp3) is 0.267. The lowest BCUT2D eigenvalue weighted by molar-refractivity contribution is 0.202. The third-order valence-corrected chi connectivity index (χ3v) is 3.70. The van der Waals surface area contributed by atoms with Gasteiger partial charge in [-0.1, -0.05) is 36.4 Å². The predicted octanol–water partition coefficient (Wildman–Crippen LogP) is 2.79. The summed E-state index contributed by atoms with van der Waals surface area (Å²) in [5, 5.41) is 12.1. The molecule has 4 heteroatoms. The molecule has 0 spiro atoms. The molecule has 0 bridgehead atoms. The van der Waals surface area contributed by atoms with E-state index in [2.05, 4.69) is 34.0 Å². The molecule has 0 radical (unpaired) electrons. The zero-order valence-electron chi connectivity index (χ0n) is 10.8. The standard InChI is InChI=1S/C15H18N2OS/c1-2-8-17(9-10-18)11-14-12-19-15(16-14)13-6-4-3-5-7-13/h2-7,12,18H,1,8-11H2. The number of hydrogen-bond acceptors (Lipinski definition) is 4. The van der Waals surface area contributed by atoms with Crippen LogP contribution in [0.2, 0.25) is 0 Å². The molecule has 100 valence electrons. The van der Waals surface area contributed by atoms with Crippen molar-refractivity contribution in [2.75, 3.05) is 19.7 Å². The molecule has 0 unspecified atom stereocenters. The molecule has 2 rings (SSSR count). The minimum atomic E-state index is 0.156. The Morgan fingerprint density at radius 1 is 1.32 bits per heavy atom. The van der Waals surface area contributed by atoms with E-state index >= 15 is 0 Å². The fourth-order valence-electron chi connectivity index (χ4n) is 1.88. The average Bonchev–Trinajstić information content (AvgIpc) is 2.89. The molecule has 0 amide bonds. The normalized spacial score (nSPS) is 10.8. The number of nitrogens with zero attached hydrogens (tertiary/aromatic N) is 2. The number of aromatic nitrogens is 1. The van der Waals surface area contributed by atoms with E-state index in [1.54, 1.807) is 11.3 Å². The molecule has 0 aliphatic carbocycles. The van der Waals surface area contributed by atoms with Gasteiger partial charge in [0.05, 0.1) is 12.3 Å². The molecule has 2 aromatic rings. The average molecular weight is 274 g/mol. The van der Waals surface area contributed by atoms with Crippen LogP contribution in [-0.2, 0) is 6.54 Å². The SMILES string of the molecule is C=CCN(CCO)Cc1csc(-c2ccccc2)n1. The third-order valence-electron chi connectivity index (χ3n) is 2.76. The first-order valence-corrected chi connectivity index (χ1v) is 7.15.